The van der Waals surface area contributed by atoms with Crippen molar-refractivity contribution in [3.63, 3.8) is 0 Å². The summed E-state index contributed by atoms with van der Waals surface area (Å²) in [6.07, 6.45) is 5.74. The smallest absolute Gasteiger partial charge is 0.336 e. The molecule has 0 aliphatic carbocycles. The van der Waals surface area contributed by atoms with Gasteiger partial charge < -0.3 is 19.2 Å². The second kappa shape index (κ2) is 12.1. The van der Waals surface area contributed by atoms with Crippen molar-refractivity contribution < 1.29 is 23.5 Å². The summed E-state index contributed by atoms with van der Waals surface area (Å²) in [5, 5.41) is 12.6. The summed E-state index contributed by atoms with van der Waals surface area (Å²) in [5.74, 6) is -0.0899. The molecule has 34 heavy (non-hydrogen) atoms. The van der Waals surface area contributed by atoms with Crippen LogP contribution in [0.4, 0.5) is 0 Å². The molecule has 0 unspecified atom stereocenters. The number of furan rings is 1. The second-order valence-electron chi connectivity index (χ2n) is 6.85. The van der Waals surface area contributed by atoms with E-state index in [1.807, 2.05) is 12.1 Å². The molecule has 0 fully saturated rings. The topological polar surface area (TPSA) is 102 Å². The zero-order valence-electron chi connectivity index (χ0n) is 18.3. The Kier molecular flexibility index (Phi) is 8.67. The van der Waals surface area contributed by atoms with Crippen molar-refractivity contribution in [2.45, 2.75) is 13.5 Å². The van der Waals surface area contributed by atoms with Crippen molar-refractivity contribution in [3.8, 4) is 17.6 Å². The van der Waals surface area contributed by atoms with Gasteiger partial charge in [-0.1, -0.05) is 35.9 Å². The van der Waals surface area contributed by atoms with Crippen LogP contribution in [0.15, 0.2) is 76.9 Å². The molecular formula is C26H21ClN2O5. The summed E-state index contributed by atoms with van der Waals surface area (Å²) in [4.78, 5) is 24.6. The van der Waals surface area contributed by atoms with E-state index in [-0.39, 0.29) is 17.9 Å². The number of nitrogens with one attached hydrogen (secondary N) is 1. The van der Waals surface area contributed by atoms with Gasteiger partial charge in [-0.3, -0.25) is 4.79 Å². The minimum absolute atomic E-state index is 0.0959. The Morgan fingerprint density at radius 3 is 2.68 bits per heavy atom. The lowest BCUT2D eigenvalue weighted by Gasteiger charge is -2.11. The SMILES string of the molecule is CCOc1cc(/C=C(\C#N)C(=O)NCc2ccco2)ccc1OC(=O)/C=C/c1ccccc1Cl. The van der Waals surface area contributed by atoms with Gasteiger partial charge in [0.05, 0.1) is 19.4 Å². The highest BCUT2D eigenvalue weighted by Crippen LogP contribution is 2.30. The van der Waals surface area contributed by atoms with E-state index in [4.69, 9.17) is 25.5 Å². The van der Waals surface area contributed by atoms with Crippen LogP contribution in [0.1, 0.15) is 23.8 Å². The van der Waals surface area contributed by atoms with E-state index in [0.717, 1.165) is 0 Å². The predicted molar refractivity (Wildman–Crippen MR) is 128 cm³/mol. The Morgan fingerprint density at radius 2 is 1.97 bits per heavy atom. The molecule has 8 heteroatoms. The number of hydrogen-bond acceptors (Lipinski definition) is 6. The molecule has 0 spiro atoms. The van der Waals surface area contributed by atoms with E-state index in [1.165, 1.54) is 24.5 Å². The Morgan fingerprint density at radius 1 is 1.15 bits per heavy atom. The molecule has 0 saturated carbocycles. The number of rotatable bonds is 9. The van der Waals surface area contributed by atoms with E-state index in [2.05, 4.69) is 5.32 Å². The highest BCUT2D eigenvalue weighted by atomic mass is 35.5. The number of hydrogen-bond donors (Lipinski definition) is 1. The van der Waals surface area contributed by atoms with Crippen molar-refractivity contribution in [3.05, 3.63) is 94.4 Å². The lowest BCUT2D eigenvalue weighted by molar-refractivity contribution is -0.129. The number of amides is 1. The molecule has 1 aromatic heterocycles. The van der Waals surface area contributed by atoms with E-state index in [0.29, 0.717) is 34.3 Å². The first kappa shape index (κ1) is 24.4. The van der Waals surface area contributed by atoms with Gasteiger partial charge in [-0.15, -0.1) is 0 Å². The molecule has 172 valence electrons. The van der Waals surface area contributed by atoms with Gasteiger partial charge in [0.15, 0.2) is 11.5 Å². The van der Waals surface area contributed by atoms with Crippen LogP contribution in [-0.4, -0.2) is 18.5 Å². The molecule has 0 saturated heterocycles. The molecule has 3 rings (SSSR count). The number of benzene rings is 2. The highest BCUT2D eigenvalue weighted by molar-refractivity contribution is 6.32. The minimum Gasteiger partial charge on any atom is -0.490 e. The summed E-state index contributed by atoms with van der Waals surface area (Å²) >= 11 is 6.09. The molecule has 7 nitrogen and oxygen atoms in total. The fourth-order valence-electron chi connectivity index (χ4n) is 2.87. The summed E-state index contributed by atoms with van der Waals surface area (Å²) in [5.41, 5.74) is 1.11. The van der Waals surface area contributed by atoms with Gasteiger partial charge in [0, 0.05) is 11.1 Å². The lowest BCUT2D eigenvalue weighted by atomic mass is 10.1. The van der Waals surface area contributed by atoms with Gasteiger partial charge in [-0.05, 0) is 60.5 Å². The van der Waals surface area contributed by atoms with Crippen molar-refractivity contribution in [1.82, 2.24) is 5.32 Å². The molecule has 0 aliphatic heterocycles. The maximum Gasteiger partial charge on any atom is 0.336 e. The van der Waals surface area contributed by atoms with Crippen molar-refractivity contribution >= 4 is 35.6 Å². The first-order valence-corrected chi connectivity index (χ1v) is 10.7. The zero-order valence-corrected chi connectivity index (χ0v) is 19.0. The lowest BCUT2D eigenvalue weighted by Crippen LogP contribution is -2.23. The van der Waals surface area contributed by atoms with Gasteiger partial charge in [-0.25, -0.2) is 4.79 Å². The predicted octanol–water partition coefficient (Wildman–Crippen LogP) is 5.17. The zero-order chi connectivity index (χ0) is 24.3. The summed E-state index contributed by atoms with van der Waals surface area (Å²) < 4.78 is 16.2. The van der Waals surface area contributed by atoms with Gasteiger partial charge >= 0.3 is 5.97 Å². The summed E-state index contributed by atoms with van der Waals surface area (Å²) in [6, 6.07) is 17.1. The largest absolute Gasteiger partial charge is 0.490 e. The molecular weight excluding hydrogens is 456 g/mol. The number of halogens is 1. The van der Waals surface area contributed by atoms with E-state index in [1.54, 1.807) is 55.5 Å². The summed E-state index contributed by atoms with van der Waals surface area (Å²) in [7, 11) is 0. The molecule has 0 bridgehead atoms. The first-order chi connectivity index (χ1) is 16.5. The van der Waals surface area contributed by atoms with Crippen LogP contribution in [-0.2, 0) is 16.1 Å². The molecule has 3 aromatic rings. The fraction of sp³-hybridized carbons (Fsp3) is 0.115. The Hall–Kier alpha value is -4.28. The van der Waals surface area contributed by atoms with Crippen molar-refractivity contribution in [2.24, 2.45) is 0 Å². The van der Waals surface area contributed by atoms with E-state index >= 15 is 0 Å². The summed E-state index contributed by atoms with van der Waals surface area (Å²) in [6.45, 7) is 2.27. The van der Waals surface area contributed by atoms with Crippen molar-refractivity contribution in [1.29, 1.82) is 5.26 Å². The molecule has 0 aliphatic rings. The first-order valence-electron chi connectivity index (χ1n) is 10.3. The van der Waals surface area contributed by atoms with Crippen molar-refractivity contribution in [2.75, 3.05) is 6.61 Å². The van der Waals surface area contributed by atoms with Crippen LogP contribution in [0.3, 0.4) is 0 Å². The third kappa shape index (κ3) is 6.86. The van der Waals surface area contributed by atoms with Crippen LogP contribution in [0.2, 0.25) is 5.02 Å². The molecule has 1 amide bonds. The maximum atomic E-state index is 12.3. The van der Waals surface area contributed by atoms with Crippen LogP contribution >= 0.6 is 11.6 Å². The molecule has 1 heterocycles. The molecule has 1 N–H and O–H groups in total. The molecule has 0 radical (unpaired) electrons. The Bertz CT molecular complexity index is 1260. The third-order valence-electron chi connectivity index (χ3n) is 4.46. The number of nitrogens with zero attached hydrogens (tertiary/aromatic N) is 1. The maximum absolute atomic E-state index is 12.3. The number of carbonyl (C=O) groups excluding carboxylic acids is 2. The normalized spacial score (nSPS) is 11.1. The van der Waals surface area contributed by atoms with Crippen LogP contribution in [0.25, 0.3) is 12.2 Å². The van der Waals surface area contributed by atoms with Gasteiger partial charge in [-0.2, -0.15) is 5.26 Å². The molecule has 0 atom stereocenters. The van der Waals surface area contributed by atoms with E-state index in [9.17, 15) is 14.9 Å². The average Bonchev–Trinajstić information content (AvgIpc) is 3.36. The standard InChI is InChI=1S/C26H21ClN2O5/c1-2-32-24-15-18(14-20(16-28)26(31)29-17-21-7-5-13-33-21)9-11-23(24)34-25(30)12-10-19-6-3-4-8-22(19)27/h3-15H,2,17H2,1H3,(H,29,31)/b12-10+,20-14+. The van der Waals surface area contributed by atoms with Gasteiger partial charge in [0.25, 0.3) is 5.91 Å². The monoisotopic (exact) mass is 476 g/mol. The third-order valence-corrected chi connectivity index (χ3v) is 4.81. The Balaban J connectivity index is 1.73. The van der Waals surface area contributed by atoms with Crippen LogP contribution in [0.5, 0.6) is 11.5 Å². The van der Waals surface area contributed by atoms with Crippen LogP contribution < -0.4 is 14.8 Å². The number of nitriles is 1. The average molecular weight is 477 g/mol. The van der Waals surface area contributed by atoms with Gasteiger partial charge in [0.2, 0.25) is 0 Å². The molecule has 2 aromatic carbocycles. The van der Waals surface area contributed by atoms with Gasteiger partial charge in [0.1, 0.15) is 17.4 Å². The quantitative estimate of drug-likeness (QED) is 0.198. The van der Waals surface area contributed by atoms with E-state index < -0.39 is 11.9 Å². The minimum atomic E-state index is -0.612. The Labute approximate surface area is 201 Å². The number of ether oxygens (including phenoxy) is 2. The highest BCUT2D eigenvalue weighted by Gasteiger charge is 2.13. The second-order valence-corrected chi connectivity index (χ2v) is 7.25. The fourth-order valence-corrected chi connectivity index (χ4v) is 3.07. The number of esters is 1. The number of carbonyl (C=O) groups is 2. The van der Waals surface area contributed by atoms with Crippen LogP contribution in [0, 0.1) is 11.3 Å².